The minimum Gasteiger partial charge on any atom is -0.485 e. The van der Waals surface area contributed by atoms with E-state index < -0.39 is 5.97 Å². The second-order valence-corrected chi connectivity index (χ2v) is 7.63. The number of aromatic nitrogens is 2. The summed E-state index contributed by atoms with van der Waals surface area (Å²) in [6, 6.07) is 24.0. The van der Waals surface area contributed by atoms with Gasteiger partial charge < -0.3 is 9.84 Å². The van der Waals surface area contributed by atoms with Crippen molar-refractivity contribution in [2.75, 3.05) is 0 Å². The topological polar surface area (TPSA) is 75.2 Å². The molecule has 0 aliphatic carbocycles. The van der Waals surface area contributed by atoms with Gasteiger partial charge in [0.15, 0.2) is 0 Å². The van der Waals surface area contributed by atoms with E-state index in [0.717, 1.165) is 27.8 Å². The van der Waals surface area contributed by atoms with Crippen molar-refractivity contribution in [3.63, 3.8) is 0 Å². The number of carboxylic acid groups (broad SMARTS) is 1. The van der Waals surface area contributed by atoms with Gasteiger partial charge in [0, 0.05) is 11.8 Å². The van der Waals surface area contributed by atoms with Crippen LogP contribution in [0.15, 0.2) is 79.0 Å². The van der Waals surface area contributed by atoms with E-state index in [1.807, 2.05) is 48.5 Å². The molecule has 1 unspecified atom stereocenters. The molecule has 160 valence electrons. The number of hydrogen-bond donors (Lipinski definition) is 2. The number of H-pyrrole nitrogens is 1. The van der Waals surface area contributed by atoms with Gasteiger partial charge in [-0.2, -0.15) is 5.10 Å². The molecule has 2 N–H and O–H groups in total. The monoisotopic (exact) mass is 424 g/mol. The van der Waals surface area contributed by atoms with Crippen molar-refractivity contribution in [3.8, 4) is 17.6 Å². The van der Waals surface area contributed by atoms with Crippen molar-refractivity contribution in [2.24, 2.45) is 0 Å². The van der Waals surface area contributed by atoms with E-state index in [1.165, 1.54) is 5.56 Å². The van der Waals surface area contributed by atoms with Gasteiger partial charge in [0.05, 0.1) is 24.1 Å². The molecule has 4 aromatic rings. The van der Waals surface area contributed by atoms with Crippen molar-refractivity contribution >= 4 is 16.9 Å². The normalized spacial score (nSPS) is 12.5. The fraction of sp³-hybridized carbons (Fsp3) is 0.185. The second-order valence-electron chi connectivity index (χ2n) is 7.63. The molecule has 0 saturated carbocycles. The van der Waals surface area contributed by atoms with Gasteiger partial charge in [-0.1, -0.05) is 60.5 Å². The Hall–Kier alpha value is -4.04. The molecule has 5 heteroatoms. The van der Waals surface area contributed by atoms with Crippen molar-refractivity contribution in [3.05, 3.63) is 95.7 Å². The average Bonchev–Trinajstić information content (AvgIpc) is 3.27. The first-order valence-electron chi connectivity index (χ1n) is 10.5. The zero-order valence-electron chi connectivity index (χ0n) is 17.8. The number of rotatable bonds is 8. The molecule has 5 nitrogen and oxygen atoms in total. The number of hydrogen-bond acceptors (Lipinski definition) is 3. The van der Waals surface area contributed by atoms with E-state index >= 15 is 0 Å². The SMILES string of the molecule is CC#CC(CC(=O)O)c1ccc(O[C@@H](Cc2ccccc2)c2ccc3cn[nH]c3c2)cc1. The van der Waals surface area contributed by atoms with Gasteiger partial charge in [0.1, 0.15) is 11.9 Å². The highest BCUT2D eigenvalue weighted by molar-refractivity contribution is 5.78. The molecule has 0 amide bonds. The van der Waals surface area contributed by atoms with Gasteiger partial charge in [-0.25, -0.2) is 0 Å². The van der Waals surface area contributed by atoms with Crippen LogP contribution in [-0.4, -0.2) is 21.3 Å². The predicted octanol–water partition coefficient (Wildman–Crippen LogP) is 5.51. The zero-order chi connectivity index (χ0) is 22.3. The lowest BCUT2D eigenvalue weighted by Crippen LogP contribution is -2.11. The van der Waals surface area contributed by atoms with E-state index in [0.29, 0.717) is 6.42 Å². The number of carboxylic acids is 1. The maximum atomic E-state index is 11.2. The Kier molecular flexibility index (Phi) is 6.52. The lowest BCUT2D eigenvalue weighted by molar-refractivity contribution is -0.137. The molecule has 1 heterocycles. The van der Waals surface area contributed by atoms with Gasteiger partial charge in [-0.3, -0.25) is 9.89 Å². The first-order valence-corrected chi connectivity index (χ1v) is 10.5. The number of benzene rings is 3. The molecule has 0 radical (unpaired) electrons. The van der Waals surface area contributed by atoms with Crippen LogP contribution >= 0.6 is 0 Å². The number of aliphatic carboxylic acids is 1. The van der Waals surface area contributed by atoms with Gasteiger partial charge in [0.2, 0.25) is 0 Å². The molecule has 0 spiro atoms. The van der Waals surface area contributed by atoms with E-state index in [1.54, 1.807) is 13.1 Å². The van der Waals surface area contributed by atoms with Crippen LogP contribution in [-0.2, 0) is 11.2 Å². The standard InChI is InChI=1S/C27H24N2O3/c1-2-6-21(17-27(30)31)20-11-13-24(14-12-20)32-26(15-19-7-4-3-5-8-19)22-9-10-23-18-28-29-25(23)16-22/h3-5,7-14,16,18,21,26H,15,17H2,1H3,(H,28,29)(H,30,31)/t21?,26-/m0/s1. The lowest BCUT2D eigenvalue weighted by Gasteiger charge is -2.21. The highest BCUT2D eigenvalue weighted by Gasteiger charge is 2.17. The Bertz CT molecular complexity index is 1250. The van der Waals surface area contributed by atoms with E-state index in [9.17, 15) is 9.90 Å². The summed E-state index contributed by atoms with van der Waals surface area (Å²) >= 11 is 0. The number of nitrogens with zero attached hydrogens (tertiary/aromatic N) is 1. The largest absolute Gasteiger partial charge is 0.485 e. The van der Waals surface area contributed by atoms with Gasteiger partial charge in [-0.05, 0) is 41.8 Å². The molecule has 3 aromatic carbocycles. The second kappa shape index (κ2) is 9.84. The summed E-state index contributed by atoms with van der Waals surface area (Å²) in [4.78, 5) is 11.2. The fourth-order valence-electron chi connectivity index (χ4n) is 3.75. The number of carbonyl (C=O) groups is 1. The third kappa shape index (κ3) is 5.16. The van der Waals surface area contributed by atoms with Gasteiger partial charge >= 0.3 is 5.97 Å². The van der Waals surface area contributed by atoms with Crippen LogP contribution in [0.2, 0.25) is 0 Å². The predicted molar refractivity (Wildman–Crippen MR) is 124 cm³/mol. The molecular weight excluding hydrogens is 400 g/mol. The number of ether oxygens (including phenoxy) is 1. The van der Waals surface area contributed by atoms with E-state index in [2.05, 4.69) is 46.3 Å². The molecule has 0 aliphatic heterocycles. The molecular formula is C27H24N2O3. The third-order valence-corrected chi connectivity index (χ3v) is 5.36. The van der Waals surface area contributed by atoms with Crippen LogP contribution in [0.1, 0.15) is 42.1 Å². The lowest BCUT2D eigenvalue weighted by atomic mass is 9.96. The number of nitrogens with one attached hydrogen (secondary N) is 1. The molecule has 4 rings (SSSR count). The minimum atomic E-state index is -0.866. The van der Waals surface area contributed by atoms with Crippen LogP contribution in [0.5, 0.6) is 5.75 Å². The maximum Gasteiger partial charge on any atom is 0.304 e. The van der Waals surface area contributed by atoms with Crippen LogP contribution in [0.3, 0.4) is 0 Å². The Balaban J connectivity index is 1.60. The summed E-state index contributed by atoms with van der Waals surface area (Å²) in [7, 11) is 0. The number of fused-ring (bicyclic) bond motifs is 1. The summed E-state index contributed by atoms with van der Waals surface area (Å²) in [6.45, 7) is 1.72. The maximum absolute atomic E-state index is 11.2. The average molecular weight is 425 g/mol. The summed E-state index contributed by atoms with van der Waals surface area (Å²) in [5.41, 5.74) is 4.07. The smallest absolute Gasteiger partial charge is 0.304 e. The highest BCUT2D eigenvalue weighted by atomic mass is 16.5. The molecule has 0 saturated heterocycles. The Morgan fingerprint density at radius 1 is 1.06 bits per heavy atom. The first-order chi connectivity index (χ1) is 15.6. The molecule has 32 heavy (non-hydrogen) atoms. The summed E-state index contributed by atoms with van der Waals surface area (Å²) in [5.74, 6) is 5.33. The Morgan fingerprint density at radius 2 is 1.81 bits per heavy atom. The highest BCUT2D eigenvalue weighted by Crippen LogP contribution is 2.29. The summed E-state index contributed by atoms with van der Waals surface area (Å²) in [5, 5.41) is 17.4. The molecule has 2 atom stereocenters. The third-order valence-electron chi connectivity index (χ3n) is 5.36. The summed E-state index contributed by atoms with van der Waals surface area (Å²) in [6.07, 6.45) is 2.30. The van der Waals surface area contributed by atoms with Crippen molar-refractivity contribution in [1.29, 1.82) is 0 Å². The van der Waals surface area contributed by atoms with Crippen LogP contribution in [0.25, 0.3) is 10.9 Å². The molecule has 0 bridgehead atoms. The zero-order valence-corrected chi connectivity index (χ0v) is 17.8. The first kappa shape index (κ1) is 21.2. The Labute approximate surface area is 187 Å². The Morgan fingerprint density at radius 3 is 2.53 bits per heavy atom. The van der Waals surface area contributed by atoms with Crippen LogP contribution in [0.4, 0.5) is 0 Å². The molecule has 0 aliphatic rings. The van der Waals surface area contributed by atoms with Crippen molar-refractivity contribution < 1.29 is 14.6 Å². The number of aromatic amines is 1. The van der Waals surface area contributed by atoms with Gasteiger partial charge in [-0.15, -0.1) is 5.92 Å². The molecule has 1 aromatic heterocycles. The minimum absolute atomic E-state index is 0.0259. The van der Waals surface area contributed by atoms with Crippen LogP contribution in [0, 0.1) is 11.8 Å². The summed E-state index contributed by atoms with van der Waals surface area (Å²) < 4.78 is 6.42. The molecule has 0 fully saturated rings. The van der Waals surface area contributed by atoms with Crippen molar-refractivity contribution in [1.82, 2.24) is 10.2 Å². The van der Waals surface area contributed by atoms with Crippen LogP contribution < -0.4 is 4.74 Å². The van der Waals surface area contributed by atoms with Gasteiger partial charge in [0.25, 0.3) is 0 Å². The van der Waals surface area contributed by atoms with E-state index in [-0.39, 0.29) is 18.4 Å². The van der Waals surface area contributed by atoms with E-state index in [4.69, 9.17) is 4.74 Å². The quantitative estimate of drug-likeness (QED) is 0.366. The fourth-order valence-corrected chi connectivity index (χ4v) is 3.75. The van der Waals surface area contributed by atoms with Crippen molar-refractivity contribution in [2.45, 2.75) is 31.8 Å².